The number of halogens is 1. The highest BCUT2D eigenvalue weighted by Gasteiger charge is 2.08. The van der Waals surface area contributed by atoms with Gasteiger partial charge >= 0.3 is 0 Å². The highest BCUT2D eigenvalue weighted by Crippen LogP contribution is 2.23. The van der Waals surface area contributed by atoms with Crippen LogP contribution in [0.3, 0.4) is 0 Å². The van der Waals surface area contributed by atoms with Crippen molar-refractivity contribution in [3.63, 3.8) is 0 Å². The van der Waals surface area contributed by atoms with Crippen LogP contribution >= 0.6 is 15.9 Å². The topological polar surface area (TPSA) is 37.3 Å². The number of phenolic OH excluding ortho intramolecular Hbond substituents is 1. The van der Waals surface area contributed by atoms with E-state index < -0.39 is 0 Å². The second kappa shape index (κ2) is 5.15. The Labute approximate surface area is 92.1 Å². The van der Waals surface area contributed by atoms with E-state index >= 15 is 0 Å². The standard InChI is InChI=1S/C11H13BrO2/c1-2-8-4-3-5-9(11(8)14)6-10(13)7-12/h3-5,14H,2,6-7H2,1H3. The van der Waals surface area contributed by atoms with Crippen LogP contribution in [0.4, 0.5) is 0 Å². The zero-order valence-electron chi connectivity index (χ0n) is 8.09. The number of para-hydroxylation sites is 1. The van der Waals surface area contributed by atoms with Crippen molar-refractivity contribution < 1.29 is 9.90 Å². The summed E-state index contributed by atoms with van der Waals surface area (Å²) in [6, 6.07) is 5.53. The summed E-state index contributed by atoms with van der Waals surface area (Å²) in [5.74, 6) is 0.345. The molecule has 76 valence electrons. The van der Waals surface area contributed by atoms with E-state index in [9.17, 15) is 9.90 Å². The Morgan fingerprint density at radius 1 is 1.43 bits per heavy atom. The molecule has 0 saturated heterocycles. The maximum absolute atomic E-state index is 11.2. The average Bonchev–Trinajstić information content (AvgIpc) is 2.21. The van der Waals surface area contributed by atoms with E-state index in [-0.39, 0.29) is 11.5 Å². The van der Waals surface area contributed by atoms with Crippen LogP contribution in [0, 0.1) is 0 Å². The highest BCUT2D eigenvalue weighted by molar-refractivity contribution is 9.09. The molecule has 1 rings (SSSR count). The van der Waals surface area contributed by atoms with Crippen molar-refractivity contribution in [2.45, 2.75) is 19.8 Å². The second-order valence-corrected chi connectivity index (χ2v) is 3.69. The maximum Gasteiger partial charge on any atom is 0.147 e. The van der Waals surface area contributed by atoms with Crippen molar-refractivity contribution in [2.75, 3.05) is 5.33 Å². The molecule has 0 saturated carbocycles. The lowest BCUT2D eigenvalue weighted by molar-refractivity contribution is -0.115. The monoisotopic (exact) mass is 256 g/mol. The summed E-state index contributed by atoms with van der Waals surface area (Å²) in [5, 5.41) is 10.1. The van der Waals surface area contributed by atoms with Crippen LogP contribution in [-0.2, 0) is 17.6 Å². The number of phenols is 1. The molecule has 1 aromatic carbocycles. The third-order valence-corrected chi connectivity index (χ3v) is 2.75. The number of aromatic hydroxyl groups is 1. The summed E-state index contributed by atoms with van der Waals surface area (Å²) in [6.07, 6.45) is 1.08. The number of aryl methyl sites for hydroxylation is 1. The van der Waals surface area contributed by atoms with Gasteiger partial charge in [-0.05, 0) is 12.0 Å². The fourth-order valence-electron chi connectivity index (χ4n) is 1.33. The zero-order chi connectivity index (χ0) is 10.6. The molecule has 0 aliphatic heterocycles. The number of carbonyl (C=O) groups is 1. The van der Waals surface area contributed by atoms with E-state index in [4.69, 9.17) is 0 Å². The number of rotatable bonds is 4. The van der Waals surface area contributed by atoms with E-state index in [1.807, 2.05) is 19.1 Å². The Morgan fingerprint density at radius 2 is 2.07 bits per heavy atom. The Morgan fingerprint density at radius 3 is 2.64 bits per heavy atom. The molecule has 0 radical (unpaired) electrons. The van der Waals surface area contributed by atoms with E-state index in [1.54, 1.807) is 6.07 Å². The van der Waals surface area contributed by atoms with E-state index in [2.05, 4.69) is 15.9 Å². The van der Waals surface area contributed by atoms with E-state index in [0.29, 0.717) is 17.3 Å². The predicted molar refractivity (Wildman–Crippen MR) is 60.0 cm³/mol. The summed E-state index contributed by atoms with van der Waals surface area (Å²) < 4.78 is 0. The van der Waals surface area contributed by atoms with Crippen molar-refractivity contribution in [3.05, 3.63) is 29.3 Å². The SMILES string of the molecule is CCc1cccc(CC(=O)CBr)c1O. The quantitative estimate of drug-likeness (QED) is 0.841. The van der Waals surface area contributed by atoms with E-state index in [1.165, 1.54) is 0 Å². The Balaban J connectivity index is 2.92. The number of Topliss-reactive ketones (excluding diaryl/α,β-unsaturated/α-hetero) is 1. The summed E-state index contributed by atoms with van der Waals surface area (Å²) in [6.45, 7) is 1.98. The van der Waals surface area contributed by atoms with Crippen molar-refractivity contribution in [2.24, 2.45) is 0 Å². The fraction of sp³-hybridized carbons (Fsp3) is 0.364. The molecule has 0 aliphatic carbocycles. The normalized spacial score (nSPS) is 10.1. The van der Waals surface area contributed by atoms with Gasteiger partial charge in [-0.1, -0.05) is 41.1 Å². The van der Waals surface area contributed by atoms with Gasteiger partial charge in [0.2, 0.25) is 0 Å². The molecule has 2 nitrogen and oxygen atoms in total. The molecule has 0 atom stereocenters. The number of hydrogen-bond acceptors (Lipinski definition) is 2. The molecule has 3 heteroatoms. The second-order valence-electron chi connectivity index (χ2n) is 3.13. The Hall–Kier alpha value is -0.830. The van der Waals surface area contributed by atoms with Gasteiger partial charge in [0.25, 0.3) is 0 Å². The lowest BCUT2D eigenvalue weighted by Gasteiger charge is -2.06. The predicted octanol–water partition coefficient (Wildman–Crippen LogP) is 2.46. The van der Waals surface area contributed by atoms with Crippen LogP contribution < -0.4 is 0 Å². The summed E-state index contributed by atoms with van der Waals surface area (Å²) in [5.41, 5.74) is 1.61. The molecule has 0 aliphatic rings. The van der Waals surface area contributed by atoms with Gasteiger partial charge < -0.3 is 5.11 Å². The molecule has 0 fully saturated rings. The van der Waals surface area contributed by atoms with Gasteiger partial charge in [-0.15, -0.1) is 0 Å². The van der Waals surface area contributed by atoms with Gasteiger partial charge in [0.05, 0.1) is 5.33 Å². The van der Waals surface area contributed by atoms with Crippen LogP contribution in [0.25, 0.3) is 0 Å². The van der Waals surface area contributed by atoms with Crippen molar-refractivity contribution >= 4 is 21.7 Å². The first kappa shape index (κ1) is 11.2. The first-order valence-corrected chi connectivity index (χ1v) is 5.68. The Bertz CT molecular complexity index is 334. The molecule has 0 unspecified atom stereocenters. The van der Waals surface area contributed by atoms with Crippen molar-refractivity contribution in [3.8, 4) is 5.75 Å². The fourth-order valence-corrected chi connectivity index (χ4v) is 1.53. The number of carbonyl (C=O) groups excluding carboxylic acids is 1. The zero-order valence-corrected chi connectivity index (χ0v) is 9.67. The van der Waals surface area contributed by atoms with Gasteiger partial charge in [-0.3, -0.25) is 4.79 Å². The van der Waals surface area contributed by atoms with Gasteiger partial charge in [0.15, 0.2) is 0 Å². The van der Waals surface area contributed by atoms with Crippen LogP contribution in [0.5, 0.6) is 5.75 Å². The number of benzene rings is 1. The first-order chi connectivity index (χ1) is 6.69. The minimum absolute atomic E-state index is 0.0774. The molecule has 14 heavy (non-hydrogen) atoms. The molecule has 0 amide bonds. The maximum atomic E-state index is 11.2. The Kier molecular flexibility index (Phi) is 4.14. The van der Waals surface area contributed by atoms with Crippen LogP contribution in [-0.4, -0.2) is 16.2 Å². The van der Waals surface area contributed by atoms with Gasteiger partial charge in [-0.2, -0.15) is 0 Å². The summed E-state index contributed by atoms with van der Waals surface area (Å²) in [4.78, 5) is 11.2. The number of alkyl halides is 1. The van der Waals surface area contributed by atoms with Gasteiger partial charge in [-0.25, -0.2) is 0 Å². The summed E-state index contributed by atoms with van der Waals surface area (Å²) in [7, 11) is 0. The highest BCUT2D eigenvalue weighted by atomic mass is 79.9. The largest absolute Gasteiger partial charge is 0.507 e. The van der Waals surface area contributed by atoms with Crippen molar-refractivity contribution in [1.82, 2.24) is 0 Å². The minimum Gasteiger partial charge on any atom is -0.507 e. The summed E-state index contributed by atoms with van der Waals surface area (Å²) >= 11 is 3.10. The van der Waals surface area contributed by atoms with Crippen LogP contribution in [0.15, 0.2) is 18.2 Å². The van der Waals surface area contributed by atoms with Crippen molar-refractivity contribution in [1.29, 1.82) is 0 Å². The number of ketones is 1. The molecule has 0 bridgehead atoms. The van der Waals surface area contributed by atoms with Crippen LogP contribution in [0.1, 0.15) is 18.1 Å². The molecule has 0 spiro atoms. The molecule has 0 aromatic heterocycles. The molecular weight excluding hydrogens is 244 g/mol. The molecule has 0 heterocycles. The third kappa shape index (κ3) is 2.58. The molecule has 1 N–H and O–H groups in total. The third-order valence-electron chi connectivity index (χ3n) is 2.12. The lowest BCUT2D eigenvalue weighted by atomic mass is 10.0. The molecular formula is C11H13BrO2. The molecule has 1 aromatic rings. The van der Waals surface area contributed by atoms with Gasteiger partial charge in [0.1, 0.15) is 11.5 Å². The minimum atomic E-state index is 0.0774. The first-order valence-electron chi connectivity index (χ1n) is 4.56. The average molecular weight is 257 g/mol. The smallest absolute Gasteiger partial charge is 0.147 e. The van der Waals surface area contributed by atoms with Gasteiger partial charge in [0, 0.05) is 12.0 Å². The number of hydrogen-bond donors (Lipinski definition) is 1. The van der Waals surface area contributed by atoms with Crippen LogP contribution in [0.2, 0.25) is 0 Å². The van der Waals surface area contributed by atoms with E-state index in [0.717, 1.165) is 12.0 Å². The lowest BCUT2D eigenvalue weighted by Crippen LogP contribution is -2.04.